The number of hydrogen-bond acceptors (Lipinski definition) is 5. The van der Waals surface area contributed by atoms with Crippen molar-refractivity contribution in [3.8, 4) is 11.1 Å². The smallest absolute Gasteiger partial charge is 0.251 e. The minimum Gasteiger partial charge on any atom is -0.384 e. The van der Waals surface area contributed by atoms with Gasteiger partial charge in [-0.3, -0.25) is 9.20 Å². The number of nitrogen functional groups attached to an aromatic ring is 1. The largest absolute Gasteiger partial charge is 0.384 e. The quantitative estimate of drug-likeness (QED) is 0.464. The summed E-state index contributed by atoms with van der Waals surface area (Å²) in [6.07, 6.45) is 7.95. The van der Waals surface area contributed by atoms with E-state index in [2.05, 4.69) is 26.3 Å². The Hall–Kier alpha value is -4.26. The third-order valence-electron chi connectivity index (χ3n) is 5.17. The van der Waals surface area contributed by atoms with Crippen LogP contribution in [0.1, 0.15) is 16.1 Å². The van der Waals surface area contributed by atoms with Crippen LogP contribution in [0.5, 0.6) is 0 Å². The zero-order valence-electron chi connectivity index (χ0n) is 16.7. The normalized spacial score (nSPS) is 11.1. The molecule has 0 atom stereocenters. The highest BCUT2D eigenvalue weighted by Crippen LogP contribution is 2.25. The van der Waals surface area contributed by atoms with Gasteiger partial charge in [0.25, 0.3) is 5.91 Å². The van der Waals surface area contributed by atoms with Crippen LogP contribution in [0, 0.1) is 0 Å². The number of pyridine rings is 1. The Kier molecular flexibility index (Phi) is 4.76. The fourth-order valence-corrected chi connectivity index (χ4v) is 3.55. The van der Waals surface area contributed by atoms with E-state index in [0.29, 0.717) is 30.1 Å². The number of hydrogen-bond donors (Lipinski definition) is 2. The van der Waals surface area contributed by atoms with Gasteiger partial charge in [0, 0.05) is 48.9 Å². The first-order valence-corrected chi connectivity index (χ1v) is 9.98. The predicted molar refractivity (Wildman–Crippen MR) is 121 cm³/mol. The molecule has 0 aliphatic carbocycles. The molecule has 0 saturated heterocycles. The molecular formula is C24H20N6O. The molecule has 5 rings (SSSR count). The molecule has 0 bridgehead atoms. The molecule has 3 aromatic heterocycles. The van der Waals surface area contributed by atoms with Crippen LogP contribution >= 0.6 is 0 Å². The van der Waals surface area contributed by atoms with E-state index in [-0.39, 0.29) is 5.91 Å². The number of nitrogens with zero attached hydrogens (tertiary/aromatic N) is 4. The molecule has 0 saturated carbocycles. The van der Waals surface area contributed by atoms with E-state index in [1.54, 1.807) is 18.5 Å². The lowest BCUT2D eigenvalue weighted by molar-refractivity contribution is 0.0954. The molecule has 7 nitrogen and oxygen atoms in total. The zero-order valence-corrected chi connectivity index (χ0v) is 16.7. The van der Waals surface area contributed by atoms with E-state index in [9.17, 15) is 4.79 Å². The average Bonchev–Trinajstić information content (AvgIpc) is 3.21. The van der Waals surface area contributed by atoms with Gasteiger partial charge in [0.05, 0.1) is 5.69 Å². The second-order valence-electron chi connectivity index (χ2n) is 7.31. The number of nitrogens with two attached hydrogens (primary N) is 1. The van der Waals surface area contributed by atoms with Crippen molar-refractivity contribution < 1.29 is 4.79 Å². The first-order valence-electron chi connectivity index (χ1n) is 9.98. The van der Waals surface area contributed by atoms with Crippen LogP contribution in [0.25, 0.3) is 27.7 Å². The summed E-state index contributed by atoms with van der Waals surface area (Å²) in [6.45, 7) is 0.504. The van der Waals surface area contributed by atoms with Crippen LogP contribution in [-0.2, 0) is 6.42 Å². The lowest BCUT2D eigenvalue weighted by Gasteiger charge is -2.07. The Bertz CT molecular complexity index is 1360. The van der Waals surface area contributed by atoms with Gasteiger partial charge in [-0.1, -0.05) is 18.2 Å². The van der Waals surface area contributed by atoms with Crippen molar-refractivity contribution in [2.24, 2.45) is 0 Å². The van der Waals surface area contributed by atoms with Crippen molar-refractivity contribution in [2.45, 2.75) is 6.42 Å². The fraction of sp³-hybridized carbons (Fsp3) is 0.0833. The van der Waals surface area contributed by atoms with E-state index < -0.39 is 0 Å². The van der Waals surface area contributed by atoms with Crippen LogP contribution in [0.2, 0.25) is 0 Å². The van der Waals surface area contributed by atoms with Gasteiger partial charge in [-0.15, -0.1) is 0 Å². The molecule has 7 heteroatoms. The molecule has 5 aromatic rings. The molecule has 0 aliphatic heterocycles. The summed E-state index contributed by atoms with van der Waals surface area (Å²) in [5, 5.41) is 5.03. The zero-order chi connectivity index (χ0) is 21.2. The number of carbonyl (C=O) groups is 1. The summed E-state index contributed by atoms with van der Waals surface area (Å²) in [5.41, 5.74) is 9.25. The van der Waals surface area contributed by atoms with E-state index in [0.717, 1.165) is 27.6 Å². The van der Waals surface area contributed by atoms with Crippen molar-refractivity contribution in [1.82, 2.24) is 24.7 Å². The van der Waals surface area contributed by atoms with Gasteiger partial charge < -0.3 is 11.1 Å². The molecule has 0 unspecified atom stereocenters. The van der Waals surface area contributed by atoms with Gasteiger partial charge in [-0.25, -0.2) is 15.0 Å². The highest BCUT2D eigenvalue weighted by molar-refractivity contribution is 5.99. The van der Waals surface area contributed by atoms with Crippen molar-refractivity contribution in [3.63, 3.8) is 0 Å². The Morgan fingerprint density at radius 2 is 1.84 bits per heavy atom. The van der Waals surface area contributed by atoms with Gasteiger partial charge in [0.1, 0.15) is 5.82 Å². The lowest BCUT2D eigenvalue weighted by Crippen LogP contribution is -2.25. The molecule has 0 radical (unpaired) electrons. The maximum absolute atomic E-state index is 12.6. The topological polar surface area (TPSA) is 98.2 Å². The highest BCUT2D eigenvalue weighted by Gasteiger charge is 2.08. The molecule has 152 valence electrons. The summed E-state index contributed by atoms with van der Waals surface area (Å²) in [4.78, 5) is 25.4. The van der Waals surface area contributed by atoms with Crippen LogP contribution in [0.15, 0.2) is 79.4 Å². The van der Waals surface area contributed by atoms with Gasteiger partial charge >= 0.3 is 0 Å². The summed E-state index contributed by atoms with van der Waals surface area (Å²) < 4.78 is 1.87. The van der Waals surface area contributed by atoms with Gasteiger partial charge in [-0.05, 0) is 52.7 Å². The Morgan fingerprint density at radius 3 is 2.68 bits per heavy atom. The number of anilines is 1. The van der Waals surface area contributed by atoms with E-state index in [4.69, 9.17) is 5.73 Å². The Balaban J connectivity index is 1.27. The van der Waals surface area contributed by atoms with Crippen LogP contribution in [0.4, 0.5) is 5.82 Å². The minimum absolute atomic E-state index is 0.101. The van der Waals surface area contributed by atoms with Gasteiger partial charge in [-0.2, -0.15) is 0 Å². The minimum atomic E-state index is -0.101. The summed E-state index contributed by atoms with van der Waals surface area (Å²) >= 11 is 0. The number of fused-ring (bicyclic) bond motifs is 2. The molecule has 0 fully saturated rings. The average molecular weight is 408 g/mol. The maximum Gasteiger partial charge on any atom is 0.251 e. The molecule has 2 aromatic carbocycles. The van der Waals surface area contributed by atoms with E-state index in [1.807, 2.05) is 59.3 Å². The number of nitrogens with one attached hydrogen (secondary N) is 1. The second kappa shape index (κ2) is 7.87. The first-order chi connectivity index (χ1) is 15.2. The monoisotopic (exact) mass is 408 g/mol. The number of carbonyl (C=O) groups excluding carboxylic acids is 1. The molecule has 31 heavy (non-hydrogen) atoms. The highest BCUT2D eigenvalue weighted by atomic mass is 16.1. The van der Waals surface area contributed by atoms with E-state index >= 15 is 0 Å². The van der Waals surface area contributed by atoms with Crippen LogP contribution in [0.3, 0.4) is 0 Å². The molecule has 0 spiro atoms. The first kappa shape index (κ1) is 18.7. The Morgan fingerprint density at radius 1 is 1.00 bits per heavy atom. The molecule has 1 amide bonds. The standard InChI is InChI=1S/C24H20N6O/c25-22-7-6-20(14-28-22)18-3-2-17-13-19(5-4-16(17)12-18)23(31)26-10-8-21-15-30-11-1-9-27-24(30)29-21/h1-7,9,11-15H,8,10H2,(H2,25,28)(H,26,31). The molecule has 3 heterocycles. The summed E-state index contributed by atoms with van der Waals surface area (Å²) in [7, 11) is 0. The van der Waals surface area contributed by atoms with Crippen molar-refractivity contribution in [2.75, 3.05) is 12.3 Å². The Labute approximate surface area is 178 Å². The fourth-order valence-electron chi connectivity index (χ4n) is 3.55. The number of benzene rings is 2. The summed E-state index contributed by atoms with van der Waals surface area (Å²) in [5.74, 6) is 1.06. The van der Waals surface area contributed by atoms with Crippen LogP contribution < -0.4 is 11.1 Å². The van der Waals surface area contributed by atoms with Crippen molar-refractivity contribution >= 4 is 28.3 Å². The lowest BCUT2D eigenvalue weighted by atomic mass is 10.0. The number of imidazole rings is 1. The molecule has 3 N–H and O–H groups in total. The van der Waals surface area contributed by atoms with E-state index in [1.165, 1.54) is 0 Å². The van der Waals surface area contributed by atoms with Crippen molar-refractivity contribution in [1.29, 1.82) is 0 Å². The predicted octanol–water partition coefficient (Wildman–Crippen LogP) is 3.50. The molecule has 0 aliphatic rings. The van der Waals surface area contributed by atoms with Crippen LogP contribution in [-0.4, -0.2) is 31.8 Å². The third kappa shape index (κ3) is 3.93. The number of amides is 1. The van der Waals surface area contributed by atoms with Gasteiger partial charge in [0.2, 0.25) is 5.78 Å². The summed E-state index contributed by atoms with van der Waals surface area (Å²) in [6, 6.07) is 17.4. The number of aromatic nitrogens is 4. The number of rotatable bonds is 5. The SMILES string of the molecule is Nc1ccc(-c2ccc3cc(C(=O)NCCc4cn5cccnc5n4)ccc3c2)cn1. The second-order valence-corrected chi connectivity index (χ2v) is 7.31. The molecular weight excluding hydrogens is 388 g/mol. The maximum atomic E-state index is 12.6. The van der Waals surface area contributed by atoms with Crippen molar-refractivity contribution in [3.05, 3.63) is 90.6 Å². The van der Waals surface area contributed by atoms with Gasteiger partial charge in [0.15, 0.2) is 0 Å². The third-order valence-corrected chi connectivity index (χ3v) is 5.17.